The molecule has 0 rings (SSSR count). The van der Waals surface area contributed by atoms with Crippen molar-refractivity contribution in [2.45, 2.75) is 0 Å². The maximum absolute atomic E-state index is 10.3. The Labute approximate surface area is 121 Å². The number of hydrogen-bond acceptors (Lipinski definition) is 4. The van der Waals surface area contributed by atoms with Crippen molar-refractivity contribution >= 4 is 19.5 Å². The van der Waals surface area contributed by atoms with E-state index in [4.69, 9.17) is 15.0 Å². The number of hydrogen-bond donors (Lipinski definition) is 3. The fourth-order valence-electron chi connectivity index (χ4n) is 0.268. The van der Waals surface area contributed by atoms with Crippen LogP contribution in [-0.2, 0) is 14.2 Å². The molecule has 0 aromatic carbocycles. The summed E-state index contributed by atoms with van der Waals surface area (Å²) in [5, 5.41) is 8.14. The predicted octanol–water partition coefficient (Wildman–Crippen LogP) is -7.23. The summed E-state index contributed by atoms with van der Waals surface area (Å²) in [4.78, 5) is 36.2. The number of carbonyl (C=O) groups is 2. The average molecular weight is 231 g/mol. The van der Waals surface area contributed by atoms with E-state index in [9.17, 15) is 14.2 Å². The van der Waals surface area contributed by atoms with Crippen molar-refractivity contribution in [1.82, 2.24) is 5.06 Å². The Morgan fingerprint density at radius 3 is 2.08 bits per heavy atom. The van der Waals surface area contributed by atoms with Crippen LogP contribution >= 0.6 is 7.60 Å². The van der Waals surface area contributed by atoms with E-state index >= 15 is 0 Å². The van der Waals surface area contributed by atoms with Gasteiger partial charge < -0.3 is 12.6 Å². The molecule has 0 saturated heterocycles. The largest absolute Gasteiger partial charge is 1.00 e. The van der Waals surface area contributed by atoms with Crippen LogP contribution in [0.5, 0.6) is 0 Å². The number of hydroxylamine groups is 2. The van der Waals surface area contributed by atoms with Crippen molar-refractivity contribution in [3.63, 3.8) is 0 Å². The maximum atomic E-state index is 10.3. The summed E-state index contributed by atoms with van der Waals surface area (Å²) in [6.07, 6.45) is -0.131. The second kappa shape index (κ2) is 8.55. The van der Waals surface area contributed by atoms with Gasteiger partial charge in [0, 0.05) is 0 Å². The molecule has 0 spiro atoms. The molecule has 68 valence electrons. The molecule has 1 amide bonds. The topological polar surface area (TPSA) is 115 Å². The first-order valence-corrected chi connectivity index (χ1v) is 3.99. The summed E-state index contributed by atoms with van der Waals surface area (Å²) >= 11 is 0. The molecule has 3 N–H and O–H groups in total. The molecule has 0 unspecified atom stereocenters. The zero-order chi connectivity index (χ0) is 9.07. The summed E-state index contributed by atoms with van der Waals surface area (Å²) in [5.74, 6) is 0. The Bertz CT molecular complexity index is 224. The first kappa shape index (κ1) is 19.8. The Hall–Kier alpha value is 1.25. The molecule has 0 bridgehead atoms. The van der Waals surface area contributed by atoms with E-state index in [2.05, 4.69) is 0 Å². The van der Waals surface area contributed by atoms with Crippen LogP contribution in [0.15, 0.2) is 0 Å². The van der Waals surface area contributed by atoms with E-state index in [-0.39, 0.29) is 73.4 Å². The van der Waals surface area contributed by atoms with Gasteiger partial charge in [-0.15, -0.1) is 0 Å². The molecular weight excluding hydrogens is 223 g/mol. The van der Waals surface area contributed by atoms with Crippen LogP contribution in [0, 0.1) is 0 Å². The standard InChI is InChI=1S/C3H6NO6P.2Na.2H/c5-2-4(7)1-3(6)11(8,9)10;;;;/h2,7H,1H2,(H2,8,9,10);;;;/q;2*+1;2*-1. The molecule has 0 atom stereocenters. The van der Waals surface area contributed by atoms with Crippen molar-refractivity contribution in [3.8, 4) is 0 Å². The molecule has 13 heavy (non-hydrogen) atoms. The second-order valence-corrected chi connectivity index (χ2v) is 3.23. The van der Waals surface area contributed by atoms with Crippen LogP contribution in [0.2, 0.25) is 0 Å². The minimum absolute atomic E-state index is 0. The zero-order valence-electron chi connectivity index (χ0n) is 9.25. The summed E-state index contributed by atoms with van der Waals surface area (Å²) < 4.78 is 10.1. The van der Waals surface area contributed by atoms with Crippen molar-refractivity contribution in [1.29, 1.82) is 0 Å². The Morgan fingerprint density at radius 2 is 1.85 bits per heavy atom. The molecule has 7 nitrogen and oxygen atoms in total. The first-order chi connectivity index (χ1) is 4.88. The molecule has 0 aliphatic heterocycles. The van der Waals surface area contributed by atoms with Crippen LogP contribution < -0.4 is 59.1 Å². The minimum atomic E-state index is -4.82. The van der Waals surface area contributed by atoms with E-state index in [0.29, 0.717) is 0 Å². The van der Waals surface area contributed by atoms with E-state index in [1.807, 2.05) is 0 Å². The van der Waals surface area contributed by atoms with Crippen molar-refractivity contribution < 1.29 is 91.1 Å². The average Bonchev–Trinajstić information content (AvgIpc) is 1.85. The molecule has 0 aromatic heterocycles. The Kier molecular flexibility index (Phi) is 13.0. The van der Waals surface area contributed by atoms with Gasteiger partial charge >= 0.3 is 66.7 Å². The van der Waals surface area contributed by atoms with Gasteiger partial charge in [0.1, 0.15) is 6.54 Å². The molecule has 0 aliphatic carbocycles. The van der Waals surface area contributed by atoms with Gasteiger partial charge in [0.2, 0.25) is 6.41 Å². The summed E-state index contributed by atoms with van der Waals surface area (Å²) in [5.41, 5.74) is -1.51. The number of amides is 1. The van der Waals surface area contributed by atoms with Gasteiger partial charge in [-0.05, 0) is 0 Å². The van der Waals surface area contributed by atoms with Gasteiger partial charge in [-0.25, -0.2) is 5.06 Å². The van der Waals surface area contributed by atoms with Crippen LogP contribution in [0.3, 0.4) is 0 Å². The van der Waals surface area contributed by atoms with E-state index < -0.39 is 19.7 Å². The third-order valence-corrected chi connectivity index (χ3v) is 1.54. The molecule has 10 heteroatoms. The fraction of sp³-hybridized carbons (Fsp3) is 0.333. The number of nitrogens with zero attached hydrogens (tertiary/aromatic N) is 1. The predicted molar refractivity (Wildman–Crippen MR) is 33.8 cm³/mol. The van der Waals surface area contributed by atoms with Crippen molar-refractivity contribution in [2.24, 2.45) is 0 Å². The summed E-state index contributed by atoms with van der Waals surface area (Å²) in [7, 11) is -4.82. The maximum Gasteiger partial charge on any atom is 1.00 e. The van der Waals surface area contributed by atoms with Crippen molar-refractivity contribution in [2.75, 3.05) is 6.54 Å². The Balaban J connectivity index is -0.0000000833. The van der Waals surface area contributed by atoms with Gasteiger partial charge in [0.15, 0.2) is 0 Å². The smallest absolute Gasteiger partial charge is 1.00 e. The second-order valence-electron chi connectivity index (χ2n) is 1.64. The third-order valence-electron chi connectivity index (χ3n) is 0.744. The monoisotopic (exact) mass is 231 g/mol. The first-order valence-electron chi connectivity index (χ1n) is 2.37. The molecule has 0 saturated carbocycles. The van der Waals surface area contributed by atoms with E-state index in [1.165, 1.54) is 0 Å². The van der Waals surface area contributed by atoms with Gasteiger partial charge in [0.05, 0.1) is 0 Å². The van der Waals surface area contributed by atoms with Crippen molar-refractivity contribution in [3.05, 3.63) is 0 Å². The van der Waals surface area contributed by atoms with Crippen LogP contribution in [-0.4, -0.2) is 38.5 Å². The molecular formula is C3H8NNa2O6P. The van der Waals surface area contributed by atoms with Gasteiger partial charge in [-0.1, -0.05) is 0 Å². The Morgan fingerprint density at radius 1 is 1.46 bits per heavy atom. The zero-order valence-corrected chi connectivity index (χ0v) is 12.1. The van der Waals surface area contributed by atoms with Gasteiger partial charge in [-0.2, -0.15) is 0 Å². The normalized spacial score (nSPS) is 9.15. The third kappa shape index (κ3) is 9.55. The minimum Gasteiger partial charge on any atom is -1.00 e. The van der Waals surface area contributed by atoms with E-state index in [1.54, 1.807) is 0 Å². The number of carbonyl (C=O) groups excluding carboxylic acids is 2. The van der Waals surface area contributed by atoms with Crippen LogP contribution in [0.4, 0.5) is 0 Å². The quantitative estimate of drug-likeness (QED) is 0.145. The molecule has 0 fully saturated rings. The summed E-state index contributed by atoms with van der Waals surface area (Å²) in [6, 6.07) is 0. The van der Waals surface area contributed by atoms with Crippen LogP contribution in [0.25, 0.3) is 0 Å². The molecule has 0 aliphatic rings. The van der Waals surface area contributed by atoms with Gasteiger partial charge in [-0.3, -0.25) is 19.4 Å². The number of rotatable bonds is 4. The summed E-state index contributed by atoms with van der Waals surface area (Å²) in [6.45, 7) is -1.01. The van der Waals surface area contributed by atoms with Crippen LogP contribution in [0.1, 0.15) is 2.85 Å². The van der Waals surface area contributed by atoms with Gasteiger partial charge in [0.25, 0.3) is 5.52 Å². The molecule has 0 heterocycles. The van der Waals surface area contributed by atoms with E-state index in [0.717, 1.165) is 0 Å². The molecule has 0 radical (unpaired) electrons. The fourth-order valence-corrected chi connectivity index (χ4v) is 0.597. The molecule has 0 aromatic rings. The SMILES string of the molecule is O=CN(O)CC(=O)P(=O)(O)O.[H-].[H-].[Na+].[Na+].